The largest absolute Gasteiger partial charge is 0.487 e. The molecular formula is C32H36Cl2N4O3S. The summed E-state index contributed by atoms with van der Waals surface area (Å²) < 4.78 is 11.7. The second-order valence-corrected chi connectivity index (χ2v) is 13.2. The van der Waals surface area contributed by atoms with Crippen LogP contribution in [0.15, 0.2) is 42.1 Å². The van der Waals surface area contributed by atoms with E-state index in [-0.39, 0.29) is 30.6 Å². The normalized spacial score (nSPS) is 20.0. The number of thiazole rings is 1. The minimum Gasteiger partial charge on any atom is -0.487 e. The van der Waals surface area contributed by atoms with E-state index >= 15 is 0 Å². The van der Waals surface area contributed by atoms with Gasteiger partial charge in [0.2, 0.25) is 0 Å². The summed E-state index contributed by atoms with van der Waals surface area (Å²) in [7, 11) is 0. The molecule has 3 heterocycles. The van der Waals surface area contributed by atoms with Gasteiger partial charge in [-0.25, -0.2) is 4.98 Å². The van der Waals surface area contributed by atoms with Gasteiger partial charge in [0.05, 0.1) is 21.0 Å². The molecule has 2 aliphatic heterocycles. The molecule has 42 heavy (non-hydrogen) atoms. The van der Waals surface area contributed by atoms with E-state index in [1.165, 1.54) is 28.0 Å². The Morgan fingerprint density at radius 3 is 2.62 bits per heavy atom. The lowest BCUT2D eigenvalue weighted by Crippen LogP contribution is -2.59. The molecule has 3 aromatic rings. The molecule has 1 aliphatic carbocycles. The summed E-state index contributed by atoms with van der Waals surface area (Å²) >= 11 is 14.1. The third-order valence-electron chi connectivity index (χ3n) is 8.32. The van der Waals surface area contributed by atoms with Gasteiger partial charge in [-0.2, -0.15) is 0 Å². The van der Waals surface area contributed by atoms with Gasteiger partial charge in [-0.15, -0.1) is 0 Å². The summed E-state index contributed by atoms with van der Waals surface area (Å²) in [6.07, 6.45) is 4.72. The van der Waals surface area contributed by atoms with E-state index in [1.54, 1.807) is 0 Å². The van der Waals surface area contributed by atoms with Crippen LogP contribution in [0.1, 0.15) is 46.4 Å². The van der Waals surface area contributed by atoms with E-state index in [4.69, 9.17) is 32.7 Å². The summed E-state index contributed by atoms with van der Waals surface area (Å²) in [6, 6.07) is 10.5. The summed E-state index contributed by atoms with van der Waals surface area (Å²) in [6.45, 7) is 9.01. The minimum absolute atomic E-state index is 0.0382. The fourth-order valence-corrected chi connectivity index (χ4v) is 7.40. The van der Waals surface area contributed by atoms with E-state index in [1.807, 2.05) is 25.3 Å². The molecule has 1 amide bonds. The molecule has 2 fully saturated rings. The van der Waals surface area contributed by atoms with E-state index in [2.05, 4.69) is 52.6 Å². The molecule has 222 valence electrons. The lowest BCUT2D eigenvalue weighted by atomic mass is 9.86. The molecule has 2 atom stereocenters. The zero-order valence-corrected chi connectivity index (χ0v) is 26.5. The van der Waals surface area contributed by atoms with Crippen LogP contribution in [0.5, 0.6) is 10.9 Å². The Morgan fingerprint density at radius 2 is 1.86 bits per heavy atom. The zero-order chi connectivity index (χ0) is 29.4. The van der Waals surface area contributed by atoms with Gasteiger partial charge in [-0.3, -0.25) is 4.79 Å². The van der Waals surface area contributed by atoms with Crippen molar-refractivity contribution < 1.29 is 14.3 Å². The van der Waals surface area contributed by atoms with Crippen LogP contribution >= 0.6 is 34.5 Å². The smallest absolute Gasteiger partial charge is 0.273 e. The summed E-state index contributed by atoms with van der Waals surface area (Å²) in [4.78, 5) is 22.0. The number of amides is 1. The van der Waals surface area contributed by atoms with Crippen molar-refractivity contribution in [3.8, 4) is 10.9 Å². The van der Waals surface area contributed by atoms with Crippen LogP contribution in [-0.2, 0) is 11.3 Å². The van der Waals surface area contributed by atoms with E-state index in [0.717, 1.165) is 53.9 Å². The Bertz CT molecular complexity index is 1500. The number of rotatable bonds is 10. The standard InChI is InChI=1S/C32H36Cl2N4O3S/c1-18-11-25(33)30(26(34)12-18)40-9-10-41-32-36-16-28(42-32)24-13-22-14-35-15-27(37-22)29(24)31(39)38(23-7-8-23)17-21-6-4-5-19(2)20(21)3/h4-6,11-12,16,22-23,27,35,37H,7-10,13-15,17H2,1-3H3/t22-,27?/m1/s1. The number of ether oxygens (including phenoxy) is 2. The molecular weight excluding hydrogens is 591 g/mol. The Morgan fingerprint density at radius 1 is 1.10 bits per heavy atom. The maximum Gasteiger partial charge on any atom is 0.273 e. The number of hydrogen-bond donors (Lipinski definition) is 2. The fraction of sp³-hybridized carbons (Fsp3) is 0.438. The van der Waals surface area contributed by atoms with Crippen molar-refractivity contribution in [3.05, 3.63) is 79.3 Å². The summed E-state index contributed by atoms with van der Waals surface area (Å²) in [5.74, 6) is 0.584. The first-order valence-electron chi connectivity index (χ1n) is 14.5. The fourth-order valence-electron chi connectivity index (χ4n) is 5.83. The molecule has 1 saturated heterocycles. The van der Waals surface area contributed by atoms with Crippen LogP contribution in [0, 0.1) is 20.8 Å². The van der Waals surface area contributed by atoms with Gasteiger partial charge >= 0.3 is 0 Å². The molecule has 1 unspecified atom stereocenters. The van der Waals surface area contributed by atoms with Crippen LogP contribution in [0.4, 0.5) is 0 Å². The molecule has 3 aliphatic rings. The van der Waals surface area contributed by atoms with E-state index < -0.39 is 0 Å². The second kappa shape index (κ2) is 12.5. The highest BCUT2D eigenvalue weighted by atomic mass is 35.5. The third kappa shape index (κ3) is 6.33. The maximum atomic E-state index is 14.4. The van der Waals surface area contributed by atoms with Gasteiger partial charge in [0.25, 0.3) is 11.1 Å². The molecule has 0 radical (unpaired) electrons. The lowest BCUT2D eigenvalue weighted by Gasteiger charge is -2.40. The van der Waals surface area contributed by atoms with Crippen LogP contribution < -0.4 is 20.1 Å². The molecule has 1 aromatic heterocycles. The zero-order valence-electron chi connectivity index (χ0n) is 24.1. The van der Waals surface area contributed by atoms with Gasteiger partial charge in [0.15, 0.2) is 5.75 Å². The number of hydrogen-bond acceptors (Lipinski definition) is 7. The number of nitrogens with zero attached hydrogens (tertiary/aromatic N) is 2. The first kappa shape index (κ1) is 29.5. The summed E-state index contributed by atoms with van der Waals surface area (Å²) in [5, 5.41) is 8.73. The van der Waals surface area contributed by atoms with Crippen LogP contribution in [0.3, 0.4) is 0 Å². The van der Waals surface area contributed by atoms with Crippen LogP contribution in [0.25, 0.3) is 5.57 Å². The van der Waals surface area contributed by atoms with Gasteiger partial charge in [0, 0.05) is 43.5 Å². The highest BCUT2D eigenvalue weighted by Gasteiger charge is 2.41. The molecule has 2 N–H and O–H groups in total. The van der Waals surface area contributed by atoms with Crippen LogP contribution in [-0.4, -0.2) is 60.2 Å². The number of aromatic nitrogens is 1. The van der Waals surface area contributed by atoms with Gasteiger partial charge in [-0.05, 0) is 80.0 Å². The second-order valence-electron chi connectivity index (χ2n) is 11.4. The Labute approximate surface area is 261 Å². The average molecular weight is 628 g/mol. The maximum absolute atomic E-state index is 14.4. The number of fused-ring (bicyclic) bond motifs is 2. The number of carbonyl (C=O) groups excluding carboxylic acids is 1. The first-order valence-corrected chi connectivity index (χ1v) is 16.1. The third-order valence-corrected chi connectivity index (χ3v) is 9.85. The van der Waals surface area contributed by atoms with E-state index in [9.17, 15) is 4.79 Å². The number of aryl methyl sites for hydroxylation is 2. The number of halogens is 2. The van der Waals surface area contributed by atoms with Crippen LogP contribution in [0.2, 0.25) is 10.0 Å². The quantitative estimate of drug-likeness (QED) is 0.264. The highest BCUT2D eigenvalue weighted by molar-refractivity contribution is 7.14. The Kier molecular flexibility index (Phi) is 8.80. The predicted octanol–water partition coefficient (Wildman–Crippen LogP) is 6.11. The Balaban J connectivity index is 1.21. The molecule has 10 heteroatoms. The molecule has 2 bridgehead atoms. The molecule has 2 aromatic carbocycles. The number of benzene rings is 2. The van der Waals surface area contributed by atoms with Crippen molar-refractivity contribution in [1.29, 1.82) is 0 Å². The average Bonchev–Trinajstić information content (AvgIpc) is 3.69. The topological polar surface area (TPSA) is 75.7 Å². The van der Waals surface area contributed by atoms with E-state index in [0.29, 0.717) is 34.1 Å². The van der Waals surface area contributed by atoms with Gasteiger partial charge in [-0.1, -0.05) is 52.7 Å². The minimum atomic E-state index is -0.0382. The van der Waals surface area contributed by atoms with Gasteiger partial charge in [0.1, 0.15) is 13.2 Å². The van der Waals surface area contributed by atoms with Crippen molar-refractivity contribution in [2.75, 3.05) is 26.3 Å². The van der Waals surface area contributed by atoms with Gasteiger partial charge < -0.3 is 25.0 Å². The Hall–Kier alpha value is -2.62. The SMILES string of the molecule is Cc1cc(Cl)c(OCCOc2ncc(C3=C(C(=O)N(Cc4cccc(C)c4C)C4CC4)C4CNC[C@@H](C3)N4)s2)c(Cl)c1. The first-order chi connectivity index (χ1) is 20.3. The lowest BCUT2D eigenvalue weighted by molar-refractivity contribution is -0.128. The molecule has 0 spiro atoms. The monoisotopic (exact) mass is 626 g/mol. The number of piperazine rings is 1. The van der Waals surface area contributed by atoms with Crippen molar-refractivity contribution in [1.82, 2.24) is 20.5 Å². The highest BCUT2D eigenvalue weighted by Crippen LogP contribution is 2.39. The van der Waals surface area contributed by atoms with Crippen molar-refractivity contribution in [2.45, 2.75) is 64.7 Å². The summed E-state index contributed by atoms with van der Waals surface area (Å²) in [5.41, 5.74) is 6.64. The predicted molar refractivity (Wildman–Crippen MR) is 169 cm³/mol. The molecule has 1 saturated carbocycles. The van der Waals surface area contributed by atoms with Crippen molar-refractivity contribution in [2.24, 2.45) is 0 Å². The van der Waals surface area contributed by atoms with Crippen molar-refractivity contribution in [3.63, 3.8) is 0 Å². The number of nitrogens with one attached hydrogen (secondary N) is 2. The number of carbonyl (C=O) groups is 1. The molecule has 7 nitrogen and oxygen atoms in total. The molecule has 6 rings (SSSR count). The van der Waals surface area contributed by atoms with Crippen molar-refractivity contribution >= 4 is 46.0 Å².